The van der Waals surface area contributed by atoms with Crippen LogP contribution in [-0.4, -0.2) is 37.0 Å². The number of nitrogens with zero attached hydrogens (tertiary/aromatic N) is 1. The lowest BCUT2D eigenvalue weighted by Crippen LogP contribution is -2.42. The Balaban J connectivity index is 3.06. The van der Waals surface area contributed by atoms with Gasteiger partial charge in [0.15, 0.2) is 0 Å². The first kappa shape index (κ1) is 18.1. The summed E-state index contributed by atoms with van der Waals surface area (Å²) < 4.78 is 26.8. The average molecular weight is 314 g/mol. The second-order valence-electron chi connectivity index (χ2n) is 5.03. The van der Waals surface area contributed by atoms with E-state index in [1.54, 1.807) is 6.07 Å². The average Bonchev–Trinajstić information content (AvgIpc) is 2.47. The Kier molecular flexibility index (Phi) is 7.31. The van der Waals surface area contributed by atoms with E-state index in [0.717, 1.165) is 24.0 Å². The molecular weight excluding hydrogens is 288 g/mol. The van der Waals surface area contributed by atoms with Crippen LogP contribution in [0.4, 0.5) is 0 Å². The lowest BCUT2D eigenvalue weighted by atomic mass is 10.1. The highest BCUT2D eigenvalue weighted by Gasteiger charge is 2.28. The Bertz CT molecular complexity index is 527. The third-order valence-electron chi connectivity index (χ3n) is 3.70. The molecule has 0 aliphatic rings. The van der Waals surface area contributed by atoms with E-state index in [1.165, 1.54) is 4.31 Å². The number of aliphatic hydroxyl groups excluding tert-OH is 1. The van der Waals surface area contributed by atoms with Gasteiger partial charge in [-0.1, -0.05) is 38.1 Å². The van der Waals surface area contributed by atoms with E-state index in [2.05, 4.69) is 0 Å². The van der Waals surface area contributed by atoms with Crippen molar-refractivity contribution in [2.45, 2.75) is 45.0 Å². The highest BCUT2D eigenvalue weighted by Crippen LogP contribution is 2.19. The molecule has 1 aromatic rings. The molecule has 21 heavy (non-hydrogen) atoms. The zero-order chi connectivity index (χ0) is 15.9. The second-order valence-corrected chi connectivity index (χ2v) is 6.96. The number of rotatable bonds is 9. The molecule has 3 N–H and O–H groups in total. The van der Waals surface area contributed by atoms with Crippen LogP contribution in [0.2, 0.25) is 0 Å². The molecule has 0 aliphatic heterocycles. The van der Waals surface area contributed by atoms with Crippen LogP contribution in [0.15, 0.2) is 24.3 Å². The van der Waals surface area contributed by atoms with Crippen molar-refractivity contribution >= 4 is 10.0 Å². The summed E-state index contributed by atoms with van der Waals surface area (Å²) in [5, 5.41) is 9.18. The van der Waals surface area contributed by atoms with E-state index in [-0.39, 0.29) is 24.9 Å². The van der Waals surface area contributed by atoms with Crippen molar-refractivity contribution in [3.63, 3.8) is 0 Å². The van der Waals surface area contributed by atoms with Gasteiger partial charge in [0.05, 0.1) is 12.4 Å². The summed E-state index contributed by atoms with van der Waals surface area (Å²) in [4.78, 5) is 0. The molecule has 0 aromatic heterocycles. The minimum absolute atomic E-state index is 0.0725. The molecule has 0 amide bonds. The number of sulfonamides is 1. The van der Waals surface area contributed by atoms with Crippen molar-refractivity contribution in [3.8, 4) is 0 Å². The molecule has 0 spiro atoms. The fourth-order valence-corrected chi connectivity index (χ4v) is 4.47. The van der Waals surface area contributed by atoms with Crippen molar-refractivity contribution in [3.05, 3.63) is 35.4 Å². The van der Waals surface area contributed by atoms with Crippen LogP contribution in [0.5, 0.6) is 0 Å². The Hall–Kier alpha value is -0.950. The van der Waals surface area contributed by atoms with Crippen molar-refractivity contribution in [1.29, 1.82) is 0 Å². The first-order valence-corrected chi connectivity index (χ1v) is 8.98. The lowest BCUT2D eigenvalue weighted by molar-refractivity contribution is 0.219. The van der Waals surface area contributed by atoms with Gasteiger partial charge in [-0.2, -0.15) is 4.31 Å². The first-order valence-electron chi connectivity index (χ1n) is 7.37. The number of hydrogen-bond donors (Lipinski definition) is 2. The molecule has 5 nitrogen and oxygen atoms in total. The highest BCUT2D eigenvalue weighted by molar-refractivity contribution is 7.88. The molecule has 0 fully saturated rings. The van der Waals surface area contributed by atoms with Crippen molar-refractivity contribution in [1.82, 2.24) is 4.31 Å². The van der Waals surface area contributed by atoms with Crippen LogP contribution in [0, 0.1) is 0 Å². The van der Waals surface area contributed by atoms with Gasteiger partial charge in [-0.25, -0.2) is 8.42 Å². The maximum atomic E-state index is 12.7. The molecular formula is C15H26N2O3S. The third kappa shape index (κ3) is 4.78. The Morgan fingerprint density at radius 2 is 1.76 bits per heavy atom. The van der Waals surface area contributed by atoms with Gasteiger partial charge >= 0.3 is 0 Å². The topological polar surface area (TPSA) is 83.6 Å². The van der Waals surface area contributed by atoms with Gasteiger partial charge in [0.1, 0.15) is 0 Å². The van der Waals surface area contributed by atoms with Gasteiger partial charge in [-0.3, -0.25) is 0 Å². The summed E-state index contributed by atoms with van der Waals surface area (Å²) in [6, 6.07) is 7.23. The molecule has 120 valence electrons. The quantitative estimate of drug-likeness (QED) is 0.723. The van der Waals surface area contributed by atoms with E-state index >= 15 is 0 Å². The summed E-state index contributed by atoms with van der Waals surface area (Å²) in [5.41, 5.74) is 7.24. The van der Waals surface area contributed by atoms with E-state index < -0.39 is 10.0 Å². The zero-order valence-electron chi connectivity index (χ0n) is 12.8. The van der Waals surface area contributed by atoms with E-state index in [4.69, 9.17) is 5.73 Å². The maximum absolute atomic E-state index is 12.7. The number of nitrogens with two attached hydrogens (primary N) is 1. The maximum Gasteiger partial charge on any atom is 0.218 e. The Labute approximate surface area is 127 Å². The third-order valence-corrected chi connectivity index (χ3v) is 5.57. The molecule has 0 aliphatic carbocycles. The predicted molar refractivity (Wildman–Crippen MR) is 85.1 cm³/mol. The molecule has 0 saturated carbocycles. The summed E-state index contributed by atoms with van der Waals surface area (Å²) in [6.45, 7) is 4.20. The standard InChI is InChI=1S/C15H26N2O3S/c1-3-15(4-2)17(9-10-18)21(19,20)12-14-8-6-5-7-13(14)11-16/h5-8,15,18H,3-4,9-12,16H2,1-2H3. The summed E-state index contributed by atoms with van der Waals surface area (Å²) in [6.07, 6.45) is 1.46. The number of aliphatic hydroxyl groups is 1. The molecule has 1 aromatic carbocycles. The Morgan fingerprint density at radius 1 is 1.19 bits per heavy atom. The van der Waals surface area contributed by atoms with Gasteiger partial charge in [-0.15, -0.1) is 0 Å². The number of benzene rings is 1. The highest BCUT2D eigenvalue weighted by atomic mass is 32.2. The lowest BCUT2D eigenvalue weighted by Gasteiger charge is -2.29. The van der Waals surface area contributed by atoms with Crippen molar-refractivity contribution in [2.24, 2.45) is 5.73 Å². The zero-order valence-corrected chi connectivity index (χ0v) is 13.6. The molecule has 0 heterocycles. The van der Waals surface area contributed by atoms with Crippen LogP contribution in [-0.2, 0) is 22.3 Å². The summed E-state index contributed by atoms with van der Waals surface area (Å²) in [5.74, 6) is -0.0725. The van der Waals surface area contributed by atoms with E-state index in [1.807, 2.05) is 32.0 Å². The minimum atomic E-state index is -3.48. The second kappa shape index (κ2) is 8.48. The van der Waals surface area contributed by atoms with E-state index in [9.17, 15) is 13.5 Å². The van der Waals surface area contributed by atoms with Gasteiger partial charge in [0.2, 0.25) is 10.0 Å². The molecule has 0 saturated heterocycles. The fraction of sp³-hybridized carbons (Fsp3) is 0.600. The predicted octanol–water partition coefficient (Wildman–Crippen LogP) is 1.46. The fourth-order valence-electron chi connectivity index (χ4n) is 2.52. The van der Waals surface area contributed by atoms with Gasteiger partial charge < -0.3 is 10.8 Å². The van der Waals surface area contributed by atoms with Gasteiger partial charge in [0.25, 0.3) is 0 Å². The summed E-state index contributed by atoms with van der Waals surface area (Å²) in [7, 11) is -3.48. The molecule has 0 bridgehead atoms. The van der Waals surface area contributed by atoms with Crippen LogP contribution < -0.4 is 5.73 Å². The van der Waals surface area contributed by atoms with Crippen molar-refractivity contribution in [2.75, 3.05) is 13.2 Å². The van der Waals surface area contributed by atoms with Crippen LogP contribution >= 0.6 is 0 Å². The first-order chi connectivity index (χ1) is 10.00. The van der Waals surface area contributed by atoms with Crippen LogP contribution in [0.3, 0.4) is 0 Å². The minimum Gasteiger partial charge on any atom is -0.395 e. The van der Waals surface area contributed by atoms with Gasteiger partial charge in [-0.05, 0) is 24.0 Å². The SMILES string of the molecule is CCC(CC)N(CCO)S(=O)(=O)Cc1ccccc1CN. The smallest absolute Gasteiger partial charge is 0.218 e. The molecule has 6 heteroatoms. The monoisotopic (exact) mass is 314 g/mol. The van der Waals surface area contributed by atoms with Crippen LogP contribution in [0.25, 0.3) is 0 Å². The van der Waals surface area contributed by atoms with Gasteiger partial charge in [0, 0.05) is 19.1 Å². The normalized spacial score (nSPS) is 12.3. The molecule has 1 rings (SSSR count). The number of hydrogen-bond acceptors (Lipinski definition) is 4. The van der Waals surface area contributed by atoms with Crippen molar-refractivity contribution < 1.29 is 13.5 Å². The van der Waals surface area contributed by atoms with Crippen LogP contribution in [0.1, 0.15) is 37.8 Å². The van der Waals surface area contributed by atoms with E-state index in [0.29, 0.717) is 6.54 Å². The Morgan fingerprint density at radius 3 is 2.24 bits per heavy atom. The largest absolute Gasteiger partial charge is 0.395 e. The molecule has 0 atom stereocenters. The summed E-state index contributed by atoms with van der Waals surface area (Å²) >= 11 is 0. The molecule has 0 radical (unpaired) electrons. The molecule has 0 unspecified atom stereocenters.